The van der Waals surface area contributed by atoms with Crippen molar-refractivity contribution >= 4 is 16.9 Å². The van der Waals surface area contributed by atoms with Gasteiger partial charge in [-0.05, 0) is 31.0 Å². The summed E-state index contributed by atoms with van der Waals surface area (Å²) in [4.78, 5) is 14.9. The van der Waals surface area contributed by atoms with E-state index < -0.39 is 0 Å². The van der Waals surface area contributed by atoms with Crippen LogP contribution in [-0.2, 0) is 30.7 Å². The third-order valence-corrected chi connectivity index (χ3v) is 6.25. The van der Waals surface area contributed by atoms with Gasteiger partial charge in [-0.25, -0.2) is 0 Å². The first-order valence-corrected chi connectivity index (χ1v) is 11.6. The average Bonchev–Trinajstić information content (AvgIpc) is 3.38. The predicted octanol–water partition coefficient (Wildman–Crippen LogP) is 3.89. The summed E-state index contributed by atoms with van der Waals surface area (Å²) < 4.78 is 8.17. The summed E-state index contributed by atoms with van der Waals surface area (Å²) in [5.41, 5.74) is 2.10. The van der Waals surface area contributed by atoms with Crippen molar-refractivity contribution in [2.75, 3.05) is 13.1 Å². The number of amides is 1. The maximum Gasteiger partial charge on any atom is 0.220 e. The molecule has 0 fully saturated rings. The van der Waals surface area contributed by atoms with E-state index in [1.54, 1.807) is 0 Å². The number of para-hydroxylation sites is 1. The van der Waals surface area contributed by atoms with Crippen molar-refractivity contribution in [1.29, 1.82) is 0 Å². The first-order valence-electron chi connectivity index (χ1n) is 11.6. The Morgan fingerprint density at radius 2 is 1.88 bits per heavy atom. The minimum absolute atomic E-state index is 0.0313. The van der Waals surface area contributed by atoms with Crippen molar-refractivity contribution in [3.05, 3.63) is 83.6 Å². The Kier molecular flexibility index (Phi) is 6.21. The fraction of sp³-hybridized carbons (Fsp3) is 0.346. The van der Waals surface area contributed by atoms with Crippen LogP contribution in [0.15, 0.2) is 65.1 Å². The zero-order chi connectivity index (χ0) is 22.6. The molecule has 0 spiro atoms. The minimum atomic E-state index is -0.184. The Morgan fingerprint density at radius 1 is 1.06 bits per heavy atom. The number of rotatable bonds is 7. The van der Waals surface area contributed by atoms with Gasteiger partial charge in [0.2, 0.25) is 5.91 Å². The van der Waals surface area contributed by atoms with Gasteiger partial charge in [-0.1, -0.05) is 48.5 Å². The summed E-state index contributed by atoms with van der Waals surface area (Å²) in [6.45, 7) is 5.32. The highest BCUT2D eigenvalue weighted by Crippen LogP contribution is 2.21. The van der Waals surface area contributed by atoms with Crippen LogP contribution in [0.3, 0.4) is 0 Å². The third-order valence-electron chi connectivity index (χ3n) is 6.25. The van der Waals surface area contributed by atoms with E-state index in [0.29, 0.717) is 6.42 Å². The number of hydrogen-bond donors (Lipinski definition) is 1. The third kappa shape index (κ3) is 4.98. The lowest BCUT2D eigenvalue weighted by Gasteiger charge is -2.19. The zero-order valence-corrected chi connectivity index (χ0v) is 18.9. The number of benzene rings is 2. The Labute approximate surface area is 193 Å². The molecule has 0 radical (unpaired) electrons. The Bertz CT molecular complexity index is 1200. The van der Waals surface area contributed by atoms with E-state index >= 15 is 0 Å². The SMILES string of the molecule is C[C@H](NC(=O)CCc1ccccc1)c1nnc2n1CCN(Cc1cc3ccccc3o1)CC2. The summed E-state index contributed by atoms with van der Waals surface area (Å²) in [5, 5.41) is 13.1. The van der Waals surface area contributed by atoms with Crippen molar-refractivity contribution in [3.8, 4) is 0 Å². The second kappa shape index (κ2) is 9.58. The molecule has 1 amide bonds. The second-order valence-corrected chi connectivity index (χ2v) is 8.68. The summed E-state index contributed by atoms with van der Waals surface area (Å²) >= 11 is 0. The number of aromatic nitrogens is 3. The molecule has 1 N–H and O–H groups in total. The fourth-order valence-electron chi connectivity index (χ4n) is 4.48. The Balaban J connectivity index is 1.18. The van der Waals surface area contributed by atoms with Gasteiger partial charge in [-0.3, -0.25) is 9.69 Å². The van der Waals surface area contributed by atoms with Crippen LogP contribution >= 0.6 is 0 Å². The maximum absolute atomic E-state index is 12.5. The van der Waals surface area contributed by atoms with Crippen LogP contribution in [0.1, 0.15) is 42.4 Å². The monoisotopic (exact) mass is 443 g/mol. The minimum Gasteiger partial charge on any atom is -0.460 e. The van der Waals surface area contributed by atoms with Crippen LogP contribution in [0.2, 0.25) is 0 Å². The van der Waals surface area contributed by atoms with Crippen molar-refractivity contribution < 1.29 is 9.21 Å². The van der Waals surface area contributed by atoms with Crippen molar-refractivity contribution in [3.63, 3.8) is 0 Å². The van der Waals surface area contributed by atoms with Crippen molar-refractivity contribution in [1.82, 2.24) is 25.0 Å². The van der Waals surface area contributed by atoms with Gasteiger partial charge in [0.05, 0.1) is 12.6 Å². The molecule has 2 aromatic carbocycles. The summed E-state index contributed by atoms with van der Waals surface area (Å²) in [7, 11) is 0. The van der Waals surface area contributed by atoms with Gasteiger partial charge < -0.3 is 14.3 Å². The molecule has 7 nitrogen and oxygen atoms in total. The lowest BCUT2D eigenvalue weighted by Crippen LogP contribution is -2.30. The highest BCUT2D eigenvalue weighted by Gasteiger charge is 2.23. The van der Waals surface area contributed by atoms with Gasteiger partial charge in [0.15, 0.2) is 5.82 Å². The van der Waals surface area contributed by atoms with E-state index in [-0.39, 0.29) is 11.9 Å². The van der Waals surface area contributed by atoms with E-state index in [1.165, 1.54) is 5.56 Å². The van der Waals surface area contributed by atoms with Crippen LogP contribution in [0.4, 0.5) is 0 Å². The van der Waals surface area contributed by atoms with Crippen LogP contribution in [0.25, 0.3) is 11.0 Å². The molecule has 1 aliphatic rings. The van der Waals surface area contributed by atoms with Gasteiger partial charge in [0.25, 0.3) is 0 Å². The van der Waals surface area contributed by atoms with E-state index in [0.717, 1.165) is 67.4 Å². The van der Waals surface area contributed by atoms with E-state index in [2.05, 4.69) is 37.1 Å². The van der Waals surface area contributed by atoms with Crippen molar-refractivity contribution in [2.24, 2.45) is 0 Å². The molecule has 7 heteroatoms. The highest BCUT2D eigenvalue weighted by atomic mass is 16.3. The number of carbonyl (C=O) groups is 1. The molecule has 0 aliphatic carbocycles. The zero-order valence-electron chi connectivity index (χ0n) is 18.9. The Morgan fingerprint density at radius 3 is 2.73 bits per heavy atom. The highest BCUT2D eigenvalue weighted by molar-refractivity contribution is 5.77. The number of aryl methyl sites for hydroxylation is 1. The van der Waals surface area contributed by atoms with E-state index in [1.807, 2.05) is 55.5 Å². The molecule has 5 rings (SSSR count). The molecule has 1 atom stereocenters. The number of nitrogens with one attached hydrogen (secondary N) is 1. The van der Waals surface area contributed by atoms with Crippen molar-refractivity contribution in [2.45, 2.75) is 45.3 Å². The molecule has 3 heterocycles. The second-order valence-electron chi connectivity index (χ2n) is 8.68. The van der Waals surface area contributed by atoms with E-state index in [9.17, 15) is 4.79 Å². The predicted molar refractivity (Wildman–Crippen MR) is 127 cm³/mol. The normalized spacial score (nSPS) is 15.2. The number of fused-ring (bicyclic) bond motifs is 2. The first-order chi connectivity index (χ1) is 16.2. The van der Waals surface area contributed by atoms with Crippen LogP contribution in [0, 0.1) is 0 Å². The molecule has 1 aliphatic heterocycles. The Hall–Kier alpha value is -3.45. The molecular formula is C26H29N5O2. The molecule has 0 saturated heterocycles. The molecule has 0 bridgehead atoms. The van der Waals surface area contributed by atoms with Gasteiger partial charge >= 0.3 is 0 Å². The molecule has 0 unspecified atom stereocenters. The van der Waals surface area contributed by atoms with Gasteiger partial charge in [0.1, 0.15) is 17.2 Å². The van der Waals surface area contributed by atoms with Crippen LogP contribution in [-0.4, -0.2) is 38.7 Å². The van der Waals surface area contributed by atoms with E-state index in [4.69, 9.17) is 4.42 Å². The average molecular weight is 444 g/mol. The summed E-state index contributed by atoms with van der Waals surface area (Å²) in [6.07, 6.45) is 2.01. The quantitative estimate of drug-likeness (QED) is 0.469. The fourth-order valence-corrected chi connectivity index (χ4v) is 4.48. The number of carbonyl (C=O) groups excluding carboxylic acids is 1. The molecule has 4 aromatic rings. The number of nitrogens with zero attached hydrogens (tertiary/aromatic N) is 4. The molecule has 170 valence electrons. The molecule has 33 heavy (non-hydrogen) atoms. The van der Waals surface area contributed by atoms with Gasteiger partial charge in [-0.2, -0.15) is 0 Å². The maximum atomic E-state index is 12.5. The largest absolute Gasteiger partial charge is 0.460 e. The number of hydrogen-bond acceptors (Lipinski definition) is 5. The first kappa shape index (κ1) is 21.4. The molecule has 2 aromatic heterocycles. The lowest BCUT2D eigenvalue weighted by atomic mass is 10.1. The van der Waals surface area contributed by atoms with Gasteiger partial charge in [-0.15, -0.1) is 10.2 Å². The number of furan rings is 1. The van der Waals surface area contributed by atoms with Crippen LogP contribution < -0.4 is 5.32 Å². The standard InChI is InChI=1S/C26H29N5O2/c1-19(27-25(32)12-11-20-7-3-2-4-8-20)26-29-28-24-13-14-30(15-16-31(24)26)18-22-17-21-9-5-6-10-23(21)33-22/h2-10,17,19H,11-16,18H2,1H3,(H,27,32)/t19-/m0/s1. The lowest BCUT2D eigenvalue weighted by molar-refractivity contribution is -0.121. The smallest absolute Gasteiger partial charge is 0.220 e. The molecule has 0 saturated carbocycles. The topological polar surface area (TPSA) is 76.2 Å². The van der Waals surface area contributed by atoms with Gasteiger partial charge in [0, 0.05) is 37.9 Å². The molecular weight excluding hydrogens is 414 g/mol. The van der Waals surface area contributed by atoms with Crippen LogP contribution in [0.5, 0.6) is 0 Å². The summed E-state index contributed by atoms with van der Waals surface area (Å²) in [5.74, 6) is 2.81. The summed E-state index contributed by atoms with van der Waals surface area (Å²) in [6, 6.07) is 20.1.